The molecule has 0 aromatic carbocycles. The van der Waals surface area contributed by atoms with Crippen molar-refractivity contribution in [1.82, 2.24) is 5.32 Å². The van der Waals surface area contributed by atoms with Crippen molar-refractivity contribution in [2.24, 2.45) is 0 Å². The number of carboxylic acid groups (broad SMARTS) is 2. The van der Waals surface area contributed by atoms with Crippen molar-refractivity contribution in [2.75, 3.05) is 0 Å². The predicted molar refractivity (Wildman–Crippen MR) is 65.5 cm³/mol. The van der Waals surface area contributed by atoms with Crippen LogP contribution in [0.5, 0.6) is 0 Å². The summed E-state index contributed by atoms with van der Waals surface area (Å²) < 4.78 is 0.382. The molecule has 1 aromatic rings. The Morgan fingerprint density at radius 1 is 1.33 bits per heavy atom. The zero-order chi connectivity index (χ0) is 13.9. The highest BCUT2D eigenvalue weighted by Crippen LogP contribution is 2.31. The fraction of sp³-hybridized carbons (Fsp3) is 0.222. The van der Waals surface area contributed by atoms with E-state index in [0.29, 0.717) is 0 Å². The monoisotopic (exact) mass is 311 g/mol. The van der Waals surface area contributed by atoms with Gasteiger partial charge in [-0.2, -0.15) is 0 Å². The smallest absolute Gasteiger partial charge is 0.326 e. The molecule has 18 heavy (non-hydrogen) atoms. The van der Waals surface area contributed by atoms with E-state index < -0.39 is 30.3 Å². The Labute approximate surface area is 115 Å². The molecular weight excluding hydrogens is 305 g/mol. The summed E-state index contributed by atoms with van der Waals surface area (Å²) in [6.07, 6.45) is -0.726. The van der Waals surface area contributed by atoms with Crippen molar-refractivity contribution in [2.45, 2.75) is 12.5 Å². The van der Waals surface area contributed by atoms with E-state index in [9.17, 15) is 14.4 Å². The van der Waals surface area contributed by atoms with Gasteiger partial charge >= 0.3 is 11.9 Å². The second-order valence-corrected chi connectivity index (χ2v) is 5.49. The van der Waals surface area contributed by atoms with Gasteiger partial charge in [-0.05, 0) is 6.07 Å². The summed E-state index contributed by atoms with van der Waals surface area (Å²) in [5.41, 5.74) is 0.0169. The molecule has 98 valence electrons. The van der Waals surface area contributed by atoms with E-state index in [1.165, 1.54) is 6.07 Å². The van der Waals surface area contributed by atoms with Crippen LogP contribution in [0.4, 0.5) is 0 Å². The molecule has 0 saturated carbocycles. The molecule has 6 nitrogen and oxygen atoms in total. The first-order valence-electron chi connectivity index (χ1n) is 4.51. The van der Waals surface area contributed by atoms with E-state index in [1.807, 2.05) is 0 Å². The zero-order valence-electron chi connectivity index (χ0n) is 8.65. The summed E-state index contributed by atoms with van der Waals surface area (Å²) in [6, 6.07) is -0.242. The summed E-state index contributed by atoms with van der Waals surface area (Å²) in [5.74, 6) is -3.56. The van der Waals surface area contributed by atoms with Gasteiger partial charge in [0, 0.05) is 0 Å². The fourth-order valence-corrected chi connectivity index (χ4v) is 2.56. The van der Waals surface area contributed by atoms with E-state index in [-0.39, 0.29) is 14.2 Å². The third kappa shape index (κ3) is 3.86. The van der Waals surface area contributed by atoms with E-state index in [4.69, 9.17) is 33.4 Å². The highest BCUT2D eigenvalue weighted by molar-refractivity contribution is 7.20. The predicted octanol–water partition coefficient (Wildman–Crippen LogP) is 1.71. The minimum atomic E-state index is -1.52. The standard InChI is InChI=1S/C9H7Cl2NO5S/c10-5-1-3(7(11)18-5)8(15)12-4(9(16)17)2-6(13)14/h1,4H,2H2,(H,12,15)(H,13,14)(H,16,17)/t4-/m0/s1. The van der Waals surface area contributed by atoms with Crippen LogP contribution in [0.1, 0.15) is 16.8 Å². The Morgan fingerprint density at radius 2 is 1.94 bits per heavy atom. The second-order valence-electron chi connectivity index (χ2n) is 3.20. The molecule has 1 rings (SSSR count). The Balaban J connectivity index is 2.81. The number of thiophene rings is 1. The number of hydrogen-bond acceptors (Lipinski definition) is 4. The van der Waals surface area contributed by atoms with E-state index >= 15 is 0 Å². The molecule has 0 radical (unpaired) electrons. The topological polar surface area (TPSA) is 104 Å². The van der Waals surface area contributed by atoms with Gasteiger partial charge < -0.3 is 15.5 Å². The Bertz CT molecular complexity index is 501. The van der Waals surface area contributed by atoms with Gasteiger partial charge in [0.25, 0.3) is 5.91 Å². The van der Waals surface area contributed by atoms with E-state index in [2.05, 4.69) is 5.32 Å². The number of halogens is 2. The number of amides is 1. The van der Waals surface area contributed by atoms with Gasteiger partial charge in [0.05, 0.1) is 16.3 Å². The van der Waals surface area contributed by atoms with Crippen molar-refractivity contribution in [3.63, 3.8) is 0 Å². The Kier molecular flexibility index (Phi) is 4.94. The lowest BCUT2D eigenvalue weighted by Gasteiger charge is -2.11. The number of carbonyl (C=O) groups is 3. The Morgan fingerprint density at radius 3 is 2.33 bits per heavy atom. The molecule has 0 aliphatic rings. The number of carbonyl (C=O) groups excluding carboxylic acids is 1. The number of nitrogens with one attached hydrogen (secondary N) is 1. The van der Waals surface area contributed by atoms with Crippen LogP contribution in [0.25, 0.3) is 0 Å². The van der Waals surface area contributed by atoms with Crippen molar-refractivity contribution in [3.8, 4) is 0 Å². The lowest BCUT2D eigenvalue weighted by atomic mass is 10.2. The van der Waals surface area contributed by atoms with Crippen LogP contribution >= 0.6 is 34.5 Å². The van der Waals surface area contributed by atoms with Crippen molar-refractivity contribution < 1.29 is 24.6 Å². The number of hydrogen-bond donors (Lipinski definition) is 3. The summed E-state index contributed by atoms with van der Waals surface area (Å²) in [6.45, 7) is 0. The molecule has 0 fully saturated rings. The van der Waals surface area contributed by atoms with Crippen LogP contribution in [0.2, 0.25) is 8.67 Å². The van der Waals surface area contributed by atoms with Crippen molar-refractivity contribution in [1.29, 1.82) is 0 Å². The molecule has 1 heterocycles. The van der Waals surface area contributed by atoms with Crippen LogP contribution < -0.4 is 5.32 Å². The minimum Gasteiger partial charge on any atom is -0.481 e. The summed E-state index contributed by atoms with van der Waals surface area (Å²) in [7, 11) is 0. The second kappa shape index (κ2) is 6.03. The lowest BCUT2D eigenvalue weighted by molar-refractivity contribution is -0.145. The third-order valence-corrected chi connectivity index (χ3v) is 3.37. The summed E-state index contributed by atoms with van der Waals surface area (Å²) in [4.78, 5) is 32.9. The number of carboxylic acids is 2. The van der Waals surface area contributed by atoms with Gasteiger partial charge in [-0.25, -0.2) is 4.79 Å². The maximum atomic E-state index is 11.7. The Hall–Kier alpha value is -1.31. The first-order chi connectivity index (χ1) is 8.31. The van der Waals surface area contributed by atoms with Gasteiger partial charge in [-0.15, -0.1) is 11.3 Å². The van der Waals surface area contributed by atoms with Crippen LogP contribution in [-0.2, 0) is 9.59 Å². The minimum absolute atomic E-state index is 0.0169. The summed E-state index contributed by atoms with van der Waals surface area (Å²) >= 11 is 12.3. The number of aliphatic carboxylic acids is 2. The van der Waals surface area contributed by atoms with Gasteiger partial charge in [-0.3, -0.25) is 9.59 Å². The van der Waals surface area contributed by atoms with Gasteiger partial charge in [0.1, 0.15) is 10.4 Å². The van der Waals surface area contributed by atoms with E-state index in [0.717, 1.165) is 11.3 Å². The summed E-state index contributed by atoms with van der Waals surface area (Å²) in [5, 5.41) is 19.3. The molecule has 1 amide bonds. The molecule has 1 aromatic heterocycles. The van der Waals surface area contributed by atoms with E-state index in [1.54, 1.807) is 0 Å². The lowest BCUT2D eigenvalue weighted by Crippen LogP contribution is -2.42. The van der Waals surface area contributed by atoms with Crippen LogP contribution in [0, 0.1) is 0 Å². The molecule has 3 N–H and O–H groups in total. The van der Waals surface area contributed by atoms with Crippen molar-refractivity contribution in [3.05, 3.63) is 20.3 Å². The maximum absolute atomic E-state index is 11.7. The first-order valence-corrected chi connectivity index (χ1v) is 6.08. The third-order valence-electron chi connectivity index (χ3n) is 1.88. The average molecular weight is 312 g/mol. The van der Waals surface area contributed by atoms with Crippen LogP contribution in [-0.4, -0.2) is 34.1 Å². The van der Waals surface area contributed by atoms with Gasteiger partial charge in [-0.1, -0.05) is 23.2 Å². The molecule has 0 unspecified atom stereocenters. The molecule has 0 bridgehead atoms. The quantitative estimate of drug-likeness (QED) is 0.768. The molecule has 0 aliphatic heterocycles. The van der Waals surface area contributed by atoms with Crippen LogP contribution in [0.3, 0.4) is 0 Å². The van der Waals surface area contributed by atoms with Gasteiger partial charge in [0.2, 0.25) is 0 Å². The van der Waals surface area contributed by atoms with Crippen molar-refractivity contribution >= 4 is 52.4 Å². The SMILES string of the molecule is O=C(O)C[C@H](NC(=O)c1cc(Cl)sc1Cl)C(=O)O. The maximum Gasteiger partial charge on any atom is 0.326 e. The average Bonchev–Trinajstić information content (AvgIpc) is 2.56. The molecule has 1 atom stereocenters. The fourth-order valence-electron chi connectivity index (χ4n) is 1.11. The largest absolute Gasteiger partial charge is 0.481 e. The highest BCUT2D eigenvalue weighted by atomic mass is 35.5. The van der Waals surface area contributed by atoms with Gasteiger partial charge in [0.15, 0.2) is 0 Å². The first kappa shape index (κ1) is 14.7. The number of rotatable bonds is 5. The molecule has 0 aliphatic carbocycles. The normalized spacial score (nSPS) is 11.9. The van der Waals surface area contributed by atoms with Crippen LogP contribution in [0.15, 0.2) is 6.07 Å². The molecular formula is C9H7Cl2NO5S. The molecule has 0 spiro atoms. The molecule has 0 saturated heterocycles. The highest BCUT2D eigenvalue weighted by Gasteiger charge is 2.25. The zero-order valence-corrected chi connectivity index (χ0v) is 11.0. The molecule has 9 heteroatoms.